The van der Waals surface area contributed by atoms with Crippen LogP contribution in [0.25, 0.3) is 0 Å². The highest BCUT2D eigenvalue weighted by Crippen LogP contribution is 2.29. The van der Waals surface area contributed by atoms with Crippen molar-refractivity contribution in [2.24, 2.45) is 0 Å². The van der Waals surface area contributed by atoms with E-state index in [1.165, 1.54) is 23.1 Å². The summed E-state index contributed by atoms with van der Waals surface area (Å²) >= 11 is 0. The van der Waals surface area contributed by atoms with Gasteiger partial charge in [0.2, 0.25) is 5.91 Å². The van der Waals surface area contributed by atoms with Crippen molar-refractivity contribution in [3.05, 3.63) is 24.3 Å². The van der Waals surface area contributed by atoms with Crippen LogP contribution in [0.2, 0.25) is 0 Å². The van der Waals surface area contributed by atoms with Crippen molar-refractivity contribution < 1.29 is 27.8 Å². The lowest BCUT2D eigenvalue weighted by atomic mass is 10.2. The topological polar surface area (TPSA) is 53.0 Å². The minimum Gasteiger partial charge on any atom is -0.406 e. The number of ether oxygens (including phenoxy) is 1. The van der Waals surface area contributed by atoms with E-state index in [2.05, 4.69) is 4.74 Å². The fourth-order valence-electron chi connectivity index (χ4n) is 2.49. The summed E-state index contributed by atoms with van der Waals surface area (Å²) in [6.45, 7) is 0.714. The third kappa shape index (κ3) is 3.89. The Morgan fingerprint density at radius 2 is 2.18 bits per heavy atom. The minimum atomic E-state index is -4.77. The molecule has 1 aromatic carbocycles. The van der Waals surface area contributed by atoms with E-state index in [0.29, 0.717) is 25.2 Å². The Morgan fingerprint density at radius 3 is 2.82 bits per heavy atom. The first kappa shape index (κ1) is 16.6. The third-order valence-electron chi connectivity index (χ3n) is 3.52. The lowest BCUT2D eigenvalue weighted by Gasteiger charge is -2.23. The van der Waals surface area contributed by atoms with Gasteiger partial charge in [0.1, 0.15) is 5.75 Å². The molecule has 0 aromatic heterocycles. The molecule has 0 bridgehead atoms. The number of anilines is 1. The van der Waals surface area contributed by atoms with E-state index < -0.39 is 6.36 Å². The van der Waals surface area contributed by atoms with Gasteiger partial charge >= 0.3 is 6.36 Å². The van der Waals surface area contributed by atoms with Gasteiger partial charge in [0.25, 0.3) is 0 Å². The summed E-state index contributed by atoms with van der Waals surface area (Å²) in [5.41, 5.74) is 0.367. The van der Waals surface area contributed by atoms with Crippen molar-refractivity contribution in [2.75, 3.05) is 31.6 Å². The first-order valence-electron chi connectivity index (χ1n) is 6.80. The molecule has 0 aliphatic carbocycles. The van der Waals surface area contributed by atoms with E-state index in [1.807, 2.05) is 0 Å². The van der Waals surface area contributed by atoms with E-state index in [4.69, 9.17) is 5.11 Å². The van der Waals surface area contributed by atoms with Gasteiger partial charge in [0.15, 0.2) is 0 Å². The minimum absolute atomic E-state index is 0.0603. The fraction of sp³-hybridized carbons (Fsp3) is 0.500. The molecule has 22 heavy (non-hydrogen) atoms. The quantitative estimate of drug-likeness (QED) is 0.896. The van der Waals surface area contributed by atoms with Crippen LogP contribution in [0.1, 0.15) is 6.42 Å². The molecular weight excluding hydrogens is 301 g/mol. The lowest BCUT2D eigenvalue weighted by molar-refractivity contribution is -0.274. The van der Waals surface area contributed by atoms with Crippen molar-refractivity contribution in [1.82, 2.24) is 4.90 Å². The van der Waals surface area contributed by atoms with Crippen molar-refractivity contribution in [1.29, 1.82) is 0 Å². The predicted octanol–water partition coefficient (Wildman–Crippen LogP) is 1.61. The Hall–Kier alpha value is -1.80. The number of aliphatic hydroxyl groups excluding tert-OH is 1. The van der Waals surface area contributed by atoms with E-state index in [0.717, 1.165) is 0 Å². The second kappa shape index (κ2) is 6.53. The standard InChI is InChI=1S/C14H17F3N2O3/c1-18(7-8-20)12-5-6-19(13(12)21)10-3-2-4-11(9-10)22-14(15,16)17/h2-4,9,12,20H,5-8H2,1H3. The summed E-state index contributed by atoms with van der Waals surface area (Å²) in [6, 6.07) is 4.98. The van der Waals surface area contributed by atoms with Crippen LogP contribution in [0, 0.1) is 0 Å². The van der Waals surface area contributed by atoms with Gasteiger partial charge in [-0.3, -0.25) is 9.69 Å². The largest absolute Gasteiger partial charge is 0.573 e. The number of benzene rings is 1. The Balaban J connectivity index is 2.12. The molecule has 2 rings (SSSR count). The Labute approximate surface area is 125 Å². The second-order valence-corrected chi connectivity index (χ2v) is 5.04. The Kier molecular flexibility index (Phi) is 4.92. The number of rotatable bonds is 5. The number of carbonyl (C=O) groups excluding carboxylic acids is 1. The number of hydrogen-bond acceptors (Lipinski definition) is 4. The van der Waals surface area contributed by atoms with Gasteiger partial charge in [-0.15, -0.1) is 13.2 Å². The monoisotopic (exact) mass is 318 g/mol. The maximum Gasteiger partial charge on any atom is 0.573 e. The molecule has 0 saturated carbocycles. The molecule has 1 saturated heterocycles. The zero-order chi connectivity index (χ0) is 16.3. The molecule has 1 aliphatic heterocycles. The van der Waals surface area contributed by atoms with Crippen LogP contribution >= 0.6 is 0 Å². The van der Waals surface area contributed by atoms with Crippen LogP contribution in [0.5, 0.6) is 5.75 Å². The van der Waals surface area contributed by atoms with Crippen molar-refractivity contribution in [3.8, 4) is 5.75 Å². The molecule has 1 heterocycles. The van der Waals surface area contributed by atoms with Crippen LogP contribution in [-0.2, 0) is 4.79 Å². The van der Waals surface area contributed by atoms with Crippen molar-refractivity contribution >= 4 is 11.6 Å². The molecule has 1 N–H and O–H groups in total. The van der Waals surface area contributed by atoms with E-state index in [-0.39, 0.29) is 24.3 Å². The number of nitrogens with zero attached hydrogens (tertiary/aromatic N) is 2. The lowest BCUT2D eigenvalue weighted by Crippen LogP contribution is -2.40. The van der Waals surface area contributed by atoms with Crippen LogP contribution < -0.4 is 9.64 Å². The predicted molar refractivity (Wildman–Crippen MR) is 73.6 cm³/mol. The average Bonchev–Trinajstić information content (AvgIpc) is 2.79. The molecule has 1 atom stereocenters. The van der Waals surface area contributed by atoms with Gasteiger partial charge in [-0.25, -0.2) is 0 Å². The number of hydrogen-bond donors (Lipinski definition) is 1. The summed E-state index contributed by atoms with van der Waals surface area (Å²) in [7, 11) is 1.73. The molecule has 0 radical (unpaired) electrons. The van der Waals surface area contributed by atoms with Crippen LogP contribution in [0.4, 0.5) is 18.9 Å². The summed E-state index contributed by atoms with van der Waals surface area (Å²) in [6.07, 6.45) is -4.21. The third-order valence-corrected chi connectivity index (χ3v) is 3.52. The number of alkyl halides is 3. The molecule has 1 aromatic rings. The molecule has 1 amide bonds. The summed E-state index contributed by atoms with van der Waals surface area (Å²) < 4.78 is 40.6. The number of likely N-dealkylation sites (N-methyl/N-ethyl adjacent to an activating group) is 1. The molecule has 1 aliphatic rings. The Morgan fingerprint density at radius 1 is 1.45 bits per heavy atom. The summed E-state index contributed by atoms with van der Waals surface area (Å²) in [5.74, 6) is -0.551. The van der Waals surface area contributed by atoms with Gasteiger partial charge in [-0.1, -0.05) is 6.07 Å². The first-order valence-corrected chi connectivity index (χ1v) is 6.80. The van der Waals surface area contributed by atoms with E-state index >= 15 is 0 Å². The molecule has 122 valence electrons. The van der Waals surface area contributed by atoms with Gasteiger partial charge in [0, 0.05) is 24.8 Å². The second-order valence-electron chi connectivity index (χ2n) is 5.04. The highest BCUT2D eigenvalue weighted by atomic mass is 19.4. The number of aliphatic hydroxyl groups is 1. The first-order chi connectivity index (χ1) is 10.3. The van der Waals surface area contributed by atoms with Gasteiger partial charge in [-0.05, 0) is 25.6 Å². The number of halogens is 3. The maximum atomic E-state index is 12.4. The van der Waals surface area contributed by atoms with E-state index in [1.54, 1.807) is 18.0 Å². The fourth-order valence-corrected chi connectivity index (χ4v) is 2.49. The molecule has 1 fully saturated rings. The summed E-state index contributed by atoms with van der Waals surface area (Å²) in [5, 5.41) is 8.92. The normalized spacial score (nSPS) is 19.1. The SMILES string of the molecule is CN(CCO)C1CCN(c2cccc(OC(F)(F)F)c2)C1=O. The Bertz CT molecular complexity index is 536. The van der Waals surface area contributed by atoms with E-state index in [9.17, 15) is 18.0 Å². The molecular formula is C14H17F3N2O3. The zero-order valence-electron chi connectivity index (χ0n) is 12.0. The number of amides is 1. The van der Waals surface area contributed by atoms with Gasteiger partial charge in [-0.2, -0.15) is 0 Å². The molecule has 5 nitrogen and oxygen atoms in total. The summed E-state index contributed by atoms with van der Waals surface area (Å²) in [4.78, 5) is 15.5. The molecule has 0 spiro atoms. The van der Waals surface area contributed by atoms with Gasteiger partial charge in [0.05, 0.1) is 12.6 Å². The smallest absolute Gasteiger partial charge is 0.406 e. The van der Waals surface area contributed by atoms with Crippen molar-refractivity contribution in [2.45, 2.75) is 18.8 Å². The van der Waals surface area contributed by atoms with Crippen molar-refractivity contribution in [3.63, 3.8) is 0 Å². The highest BCUT2D eigenvalue weighted by molar-refractivity contribution is 5.99. The zero-order valence-corrected chi connectivity index (χ0v) is 12.0. The van der Waals surface area contributed by atoms with Gasteiger partial charge < -0.3 is 14.7 Å². The van der Waals surface area contributed by atoms with Crippen LogP contribution in [0.15, 0.2) is 24.3 Å². The molecule has 8 heteroatoms. The average molecular weight is 318 g/mol. The van der Waals surface area contributed by atoms with Crippen LogP contribution in [0.3, 0.4) is 0 Å². The highest BCUT2D eigenvalue weighted by Gasteiger charge is 2.36. The maximum absolute atomic E-state index is 12.4. The molecule has 1 unspecified atom stereocenters. The van der Waals surface area contributed by atoms with Crippen LogP contribution in [-0.4, -0.2) is 55.1 Å². The number of carbonyl (C=O) groups is 1.